The lowest BCUT2D eigenvalue weighted by molar-refractivity contribution is -0.0651. The minimum absolute atomic E-state index is 0.0177. The van der Waals surface area contributed by atoms with Crippen LogP contribution < -0.4 is 0 Å². The van der Waals surface area contributed by atoms with E-state index in [2.05, 4.69) is 19.1 Å². The molecule has 0 aromatic heterocycles. The van der Waals surface area contributed by atoms with E-state index in [0.717, 1.165) is 19.3 Å². The summed E-state index contributed by atoms with van der Waals surface area (Å²) < 4.78 is 11.5. The van der Waals surface area contributed by atoms with Crippen molar-refractivity contribution in [1.82, 2.24) is 0 Å². The Bertz CT molecular complexity index is 352. The number of aliphatic hydroxyl groups is 1. The van der Waals surface area contributed by atoms with Crippen LogP contribution in [0.1, 0.15) is 31.7 Å². The second-order valence-electron chi connectivity index (χ2n) is 5.20. The van der Waals surface area contributed by atoms with Gasteiger partial charge < -0.3 is 14.6 Å². The predicted octanol–water partition coefficient (Wildman–Crippen LogP) is 2.52. The van der Waals surface area contributed by atoms with E-state index >= 15 is 0 Å². The van der Waals surface area contributed by atoms with Crippen LogP contribution in [0, 0.1) is 0 Å². The van der Waals surface area contributed by atoms with Gasteiger partial charge in [-0.1, -0.05) is 30.3 Å². The van der Waals surface area contributed by atoms with Crippen molar-refractivity contribution in [3.05, 3.63) is 35.9 Å². The van der Waals surface area contributed by atoms with Gasteiger partial charge >= 0.3 is 0 Å². The zero-order valence-electron chi connectivity index (χ0n) is 11.0. The first-order valence-electron chi connectivity index (χ1n) is 6.62. The smallest absolute Gasteiger partial charge is 0.0814 e. The number of benzene rings is 1. The Hall–Kier alpha value is -0.900. The van der Waals surface area contributed by atoms with Crippen LogP contribution in [0.5, 0.6) is 0 Å². The summed E-state index contributed by atoms with van der Waals surface area (Å²) >= 11 is 0. The molecule has 0 bridgehead atoms. The van der Waals surface area contributed by atoms with E-state index in [4.69, 9.17) is 14.6 Å². The maximum absolute atomic E-state index is 9.06. The highest BCUT2D eigenvalue weighted by molar-refractivity contribution is 5.13. The third-order valence-corrected chi connectivity index (χ3v) is 3.54. The number of ether oxygens (including phenoxy) is 2. The quantitative estimate of drug-likeness (QED) is 0.788. The van der Waals surface area contributed by atoms with Crippen LogP contribution in [-0.2, 0) is 16.1 Å². The van der Waals surface area contributed by atoms with Crippen molar-refractivity contribution >= 4 is 0 Å². The summed E-state index contributed by atoms with van der Waals surface area (Å²) in [6.07, 6.45) is 2.86. The van der Waals surface area contributed by atoms with Crippen LogP contribution in [0.4, 0.5) is 0 Å². The Morgan fingerprint density at radius 2 is 2.17 bits per heavy atom. The molecule has 0 amide bonds. The van der Waals surface area contributed by atoms with E-state index in [1.165, 1.54) is 5.56 Å². The first-order valence-corrected chi connectivity index (χ1v) is 6.62. The molecule has 1 aromatic carbocycles. The largest absolute Gasteiger partial charge is 0.394 e. The van der Waals surface area contributed by atoms with Crippen LogP contribution in [0.3, 0.4) is 0 Å². The van der Waals surface area contributed by atoms with Crippen molar-refractivity contribution in [3.8, 4) is 0 Å². The van der Waals surface area contributed by atoms with Gasteiger partial charge in [-0.05, 0) is 31.7 Å². The number of hydrogen-bond acceptors (Lipinski definition) is 3. The molecule has 1 heterocycles. The van der Waals surface area contributed by atoms with Gasteiger partial charge in [0.25, 0.3) is 0 Å². The molecular formula is C15H22O3. The van der Waals surface area contributed by atoms with Gasteiger partial charge in [-0.2, -0.15) is 0 Å². The summed E-state index contributed by atoms with van der Waals surface area (Å²) in [6, 6.07) is 10.2. The van der Waals surface area contributed by atoms with Crippen molar-refractivity contribution in [3.63, 3.8) is 0 Å². The van der Waals surface area contributed by atoms with E-state index in [-0.39, 0.29) is 18.3 Å². The second-order valence-corrected chi connectivity index (χ2v) is 5.20. The van der Waals surface area contributed by atoms with Crippen molar-refractivity contribution in [2.75, 3.05) is 13.2 Å². The predicted molar refractivity (Wildman–Crippen MR) is 70.3 cm³/mol. The van der Waals surface area contributed by atoms with Crippen LogP contribution >= 0.6 is 0 Å². The molecule has 0 saturated carbocycles. The highest BCUT2D eigenvalue weighted by Crippen LogP contribution is 2.32. The fourth-order valence-electron chi connectivity index (χ4n) is 2.35. The Morgan fingerprint density at radius 3 is 2.83 bits per heavy atom. The van der Waals surface area contributed by atoms with E-state index in [9.17, 15) is 0 Å². The summed E-state index contributed by atoms with van der Waals surface area (Å²) in [4.78, 5) is 0. The molecule has 0 spiro atoms. The Balaban J connectivity index is 1.67. The van der Waals surface area contributed by atoms with E-state index < -0.39 is 0 Å². The molecule has 3 nitrogen and oxygen atoms in total. The highest BCUT2D eigenvalue weighted by Gasteiger charge is 2.35. The summed E-state index contributed by atoms with van der Waals surface area (Å²) in [5, 5.41) is 9.06. The lowest BCUT2D eigenvalue weighted by atomic mass is 9.99. The molecular weight excluding hydrogens is 228 g/mol. The van der Waals surface area contributed by atoms with Crippen molar-refractivity contribution in [2.45, 2.75) is 44.5 Å². The monoisotopic (exact) mass is 250 g/mol. The van der Waals surface area contributed by atoms with Crippen LogP contribution in [0.15, 0.2) is 30.3 Å². The highest BCUT2D eigenvalue weighted by atomic mass is 16.5. The molecule has 3 heteroatoms. The fraction of sp³-hybridized carbons (Fsp3) is 0.600. The summed E-state index contributed by atoms with van der Waals surface area (Å²) in [6.45, 7) is 3.58. The van der Waals surface area contributed by atoms with E-state index in [1.807, 2.05) is 18.2 Å². The maximum atomic E-state index is 9.06. The number of hydrogen-bond donors (Lipinski definition) is 1. The normalized spacial score (nSPS) is 27.6. The van der Waals surface area contributed by atoms with Gasteiger partial charge in [-0.25, -0.2) is 0 Å². The van der Waals surface area contributed by atoms with Gasteiger partial charge in [0.05, 0.1) is 24.9 Å². The van der Waals surface area contributed by atoms with Crippen LogP contribution in [0.25, 0.3) is 0 Å². The van der Waals surface area contributed by atoms with Gasteiger partial charge in [0.2, 0.25) is 0 Å². The van der Waals surface area contributed by atoms with Gasteiger partial charge in [-0.15, -0.1) is 0 Å². The first kappa shape index (κ1) is 13.5. The number of aliphatic hydroxyl groups excluding tert-OH is 1. The molecule has 2 unspecified atom stereocenters. The Kier molecular flexibility index (Phi) is 4.75. The molecule has 1 saturated heterocycles. The van der Waals surface area contributed by atoms with Crippen LogP contribution in [-0.4, -0.2) is 30.0 Å². The third-order valence-electron chi connectivity index (χ3n) is 3.54. The fourth-order valence-corrected chi connectivity index (χ4v) is 2.35. The van der Waals surface area contributed by atoms with E-state index in [1.54, 1.807) is 0 Å². The van der Waals surface area contributed by atoms with Crippen molar-refractivity contribution in [1.29, 1.82) is 0 Å². The minimum atomic E-state index is -0.121. The van der Waals surface area contributed by atoms with Gasteiger partial charge in [0, 0.05) is 6.61 Å². The molecule has 1 N–H and O–H groups in total. The van der Waals surface area contributed by atoms with E-state index in [0.29, 0.717) is 13.2 Å². The molecule has 1 aliphatic heterocycles. The molecule has 2 rings (SSSR count). The van der Waals surface area contributed by atoms with Gasteiger partial charge in [0.1, 0.15) is 0 Å². The minimum Gasteiger partial charge on any atom is -0.394 e. The standard InChI is InChI=1S/C15H22O3/c1-15(8-7-14(11-16)18-15)9-10-17-12-13-5-3-2-4-6-13/h2-6,14,16H,7-12H2,1H3. The average molecular weight is 250 g/mol. The molecule has 1 fully saturated rings. The lowest BCUT2D eigenvalue weighted by Gasteiger charge is -2.24. The third kappa shape index (κ3) is 3.80. The Morgan fingerprint density at radius 1 is 1.39 bits per heavy atom. The maximum Gasteiger partial charge on any atom is 0.0814 e. The summed E-state index contributed by atoms with van der Waals surface area (Å²) in [7, 11) is 0. The molecule has 100 valence electrons. The van der Waals surface area contributed by atoms with Gasteiger partial charge in [0.15, 0.2) is 0 Å². The average Bonchev–Trinajstić information content (AvgIpc) is 2.78. The Labute approximate surface area is 109 Å². The van der Waals surface area contributed by atoms with Gasteiger partial charge in [-0.3, -0.25) is 0 Å². The molecule has 0 radical (unpaired) electrons. The summed E-state index contributed by atoms with van der Waals surface area (Å²) in [5.74, 6) is 0. The molecule has 2 atom stereocenters. The topological polar surface area (TPSA) is 38.7 Å². The molecule has 1 aliphatic rings. The molecule has 18 heavy (non-hydrogen) atoms. The van der Waals surface area contributed by atoms with Crippen LogP contribution in [0.2, 0.25) is 0 Å². The SMILES string of the molecule is CC1(CCOCc2ccccc2)CCC(CO)O1. The summed E-state index contributed by atoms with van der Waals surface area (Å²) in [5.41, 5.74) is 1.08. The van der Waals surface area contributed by atoms with Crippen molar-refractivity contribution < 1.29 is 14.6 Å². The second kappa shape index (κ2) is 6.32. The number of rotatable bonds is 6. The molecule has 0 aliphatic carbocycles. The van der Waals surface area contributed by atoms with Crippen molar-refractivity contribution in [2.24, 2.45) is 0 Å². The molecule has 1 aromatic rings. The zero-order valence-corrected chi connectivity index (χ0v) is 11.0. The lowest BCUT2D eigenvalue weighted by Crippen LogP contribution is -2.27. The zero-order chi connectivity index (χ0) is 12.8. The first-order chi connectivity index (χ1) is 8.72.